The highest BCUT2D eigenvalue weighted by atomic mass is 127. The standard InChI is InChI=1S/C20H30ClN3O4.HI/c1-22-20(23-5-2-7-25-13-16-4-8-26-14-16)24-6-3-15-11-17(21)19-18(12-15)27-9-10-28-19;/h11-12,16H,2-10,13-14H2,1H3,(H2,22,23,24);1H. The van der Waals surface area contributed by atoms with Gasteiger partial charge in [-0.2, -0.15) is 0 Å². The van der Waals surface area contributed by atoms with Crippen LogP contribution >= 0.6 is 35.6 Å². The molecule has 0 spiro atoms. The first-order valence-corrected chi connectivity index (χ1v) is 10.3. The highest BCUT2D eigenvalue weighted by Crippen LogP contribution is 2.38. The monoisotopic (exact) mass is 539 g/mol. The van der Waals surface area contributed by atoms with E-state index in [0.717, 1.165) is 76.1 Å². The molecule has 0 saturated carbocycles. The molecule has 0 aliphatic carbocycles. The van der Waals surface area contributed by atoms with E-state index in [4.69, 9.17) is 30.5 Å². The van der Waals surface area contributed by atoms with Gasteiger partial charge in [0.2, 0.25) is 0 Å². The summed E-state index contributed by atoms with van der Waals surface area (Å²) >= 11 is 6.29. The van der Waals surface area contributed by atoms with Crippen LogP contribution in [0.1, 0.15) is 18.4 Å². The number of benzene rings is 1. The van der Waals surface area contributed by atoms with Crippen LogP contribution in [-0.4, -0.2) is 65.7 Å². The molecular weight excluding hydrogens is 509 g/mol. The molecule has 9 heteroatoms. The first-order valence-electron chi connectivity index (χ1n) is 9.94. The van der Waals surface area contributed by atoms with Gasteiger partial charge in [-0.1, -0.05) is 11.6 Å². The number of fused-ring (bicyclic) bond motifs is 1. The van der Waals surface area contributed by atoms with Gasteiger partial charge in [0.25, 0.3) is 0 Å². The molecule has 164 valence electrons. The summed E-state index contributed by atoms with van der Waals surface area (Å²) in [7, 11) is 1.77. The Labute approximate surface area is 194 Å². The molecule has 0 amide bonds. The van der Waals surface area contributed by atoms with E-state index in [2.05, 4.69) is 15.6 Å². The Kier molecular flexibility index (Phi) is 11.2. The SMILES string of the molecule is CN=C(NCCCOCC1CCOC1)NCCc1cc(Cl)c2c(c1)OCCO2.I. The Morgan fingerprint density at radius 1 is 1.21 bits per heavy atom. The van der Waals surface area contributed by atoms with Crippen molar-refractivity contribution in [2.24, 2.45) is 10.9 Å². The molecule has 3 rings (SSSR count). The molecule has 1 fully saturated rings. The maximum Gasteiger partial charge on any atom is 0.190 e. The van der Waals surface area contributed by atoms with Crippen molar-refractivity contribution in [3.05, 3.63) is 22.7 Å². The van der Waals surface area contributed by atoms with E-state index < -0.39 is 0 Å². The van der Waals surface area contributed by atoms with Gasteiger partial charge >= 0.3 is 0 Å². The van der Waals surface area contributed by atoms with Gasteiger partial charge in [0.05, 0.1) is 18.2 Å². The Morgan fingerprint density at radius 3 is 2.83 bits per heavy atom. The second kappa shape index (κ2) is 13.4. The molecule has 1 unspecified atom stereocenters. The summed E-state index contributed by atoms with van der Waals surface area (Å²) < 4.78 is 22.2. The minimum absolute atomic E-state index is 0. The summed E-state index contributed by atoms with van der Waals surface area (Å²) in [4.78, 5) is 4.25. The number of hydrogen-bond donors (Lipinski definition) is 2. The number of nitrogens with one attached hydrogen (secondary N) is 2. The third-order valence-electron chi connectivity index (χ3n) is 4.72. The van der Waals surface area contributed by atoms with Crippen molar-refractivity contribution < 1.29 is 18.9 Å². The van der Waals surface area contributed by atoms with Crippen molar-refractivity contribution in [3.63, 3.8) is 0 Å². The van der Waals surface area contributed by atoms with Gasteiger partial charge in [0.15, 0.2) is 17.5 Å². The van der Waals surface area contributed by atoms with Gasteiger partial charge in [-0.3, -0.25) is 4.99 Å². The van der Waals surface area contributed by atoms with Crippen molar-refractivity contribution in [1.29, 1.82) is 0 Å². The van der Waals surface area contributed by atoms with Gasteiger partial charge in [-0.15, -0.1) is 24.0 Å². The third-order valence-corrected chi connectivity index (χ3v) is 5.00. The van der Waals surface area contributed by atoms with E-state index in [0.29, 0.717) is 29.9 Å². The smallest absolute Gasteiger partial charge is 0.190 e. The number of aliphatic imine (C=N–C) groups is 1. The quantitative estimate of drug-likeness (QED) is 0.218. The number of guanidine groups is 1. The fraction of sp³-hybridized carbons (Fsp3) is 0.650. The highest BCUT2D eigenvalue weighted by Gasteiger charge is 2.17. The van der Waals surface area contributed by atoms with Gasteiger partial charge in [-0.25, -0.2) is 0 Å². The van der Waals surface area contributed by atoms with E-state index in [1.807, 2.05) is 12.1 Å². The van der Waals surface area contributed by atoms with Crippen LogP contribution in [0.2, 0.25) is 5.02 Å². The molecule has 7 nitrogen and oxygen atoms in total. The van der Waals surface area contributed by atoms with Crippen molar-refractivity contribution in [3.8, 4) is 11.5 Å². The zero-order valence-electron chi connectivity index (χ0n) is 16.9. The number of hydrogen-bond acceptors (Lipinski definition) is 5. The summed E-state index contributed by atoms with van der Waals surface area (Å²) in [6, 6.07) is 3.92. The fourth-order valence-corrected chi connectivity index (χ4v) is 3.49. The van der Waals surface area contributed by atoms with E-state index in [1.165, 1.54) is 0 Å². The maximum absolute atomic E-state index is 6.29. The normalized spacial score (nSPS) is 18.3. The number of rotatable bonds is 9. The molecule has 0 bridgehead atoms. The molecular formula is C20H31ClIN3O4. The molecule has 2 aliphatic rings. The lowest BCUT2D eigenvalue weighted by atomic mass is 10.1. The van der Waals surface area contributed by atoms with Crippen LogP contribution in [0, 0.1) is 5.92 Å². The van der Waals surface area contributed by atoms with E-state index in [-0.39, 0.29) is 24.0 Å². The lowest BCUT2D eigenvalue weighted by molar-refractivity contribution is 0.0888. The molecule has 2 aliphatic heterocycles. The molecule has 0 aromatic heterocycles. The Bertz CT molecular complexity index is 657. The number of nitrogens with zero attached hydrogens (tertiary/aromatic N) is 1. The Morgan fingerprint density at radius 2 is 2.03 bits per heavy atom. The summed E-state index contributed by atoms with van der Waals surface area (Å²) in [5, 5.41) is 7.22. The van der Waals surface area contributed by atoms with Crippen LogP contribution in [0.4, 0.5) is 0 Å². The lowest BCUT2D eigenvalue weighted by Crippen LogP contribution is -2.39. The Balaban J connectivity index is 0.00000300. The second-order valence-corrected chi connectivity index (χ2v) is 7.34. The topological polar surface area (TPSA) is 73.3 Å². The van der Waals surface area contributed by atoms with Gasteiger partial charge in [0.1, 0.15) is 13.2 Å². The molecule has 0 radical (unpaired) electrons. The molecule has 1 atom stereocenters. The molecule has 29 heavy (non-hydrogen) atoms. The van der Waals surface area contributed by atoms with Crippen LogP contribution < -0.4 is 20.1 Å². The molecule has 2 N–H and O–H groups in total. The van der Waals surface area contributed by atoms with Gasteiger partial charge in [0, 0.05) is 39.3 Å². The van der Waals surface area contributed by atoms with Crippen LogP contribution in [0.15, 0.2) is 17.1 Å². The number of halogens is 2. The largest absolute Gasteiger partial charge is 0.486 e. The van der Waals surface area contributed by atoms with Crippen LogP contribution in [0.5, 0.6) is 11.5 Å². The zero-order valence-corrected chi connectivity index (χ0v) is 20.0. The first-order chi connectivity index (χ1) is 13.8. The zero-order chi connectivity index (χ0) is 19.6. The van der Waals surface area contributed by atoms with E-state index in [1.54, 1.807) is 7.05 Å². The second-order valence-electron chi connectivity index (χ2n) is 6.94. The third kappa shape index (κ3) is 7.99. The van der Waals surface area contributed by atoms with Crippen LogP contribution in [-0.2, 0) is 15.9 Å². The molecule has 1 aromatic rings. The van der Waals surface area contributed by atoms with Crippen LogP contribution in [0.25, 0.3) is 0 Å². The minimum Gasteiger partial charge on any atom is -0.486 e. The summed E-state index contributed by atoms with van der Waals surface area (Å²) in [6.07, 6.45) is 2.86. The predicted molar refractivity (Wildman–Crippen MR) is 125 cm³/mol. The average molecular weight is 540 g/mol. The van der Waals surface area contributed by atoms with E-state index >= 15 is 0 Å². The molecule has 1 aromatic carbocycles. The van der Waals surface area contributed by atoms with Crippen molar-refractivity contribution in [2.45, 2.75) is 19.3 Å². The minimum atomic E-state index is 0. The maximum atomic E-state index is 6.29. The van der Waals surface area contributed by atoms with Crippen LogP contribution in [0.3, 0.4) is 0 Å². The Hall–Kier alpha value is -0.970. The van der Waals surface area contributed by atoms with E-state index in [9.17, 15) is 0 Å². The van der Waals surface area contributed by atoms with Gasteiger partial charge in [-0.05, 0) is 37.0 Å². The average Bonchev–Trinajstić information content (AvgIpc) is 3.23. The van der Waals surface area contributed by atoms with Crippen molar-refractivity contribution >= 4 is 41.5 Å². The fourth-order valence-electron chi connectivity index (χ4n) is 3.20. The summed E-state index contributed by atoms with van der Waals surface area (Å²) in [6.45, 7) is 5.90. The predicted octanol–water partition coefficient (Wildman–Crippen LogP) is 2.88. The first kappa shape index (κ1) is 24.3. The number of ether oxygens (including phenoxy) is 4. The summed E-state index contributed by atoms with van der Waals surface area (Å²) in [5.74, 6) is 2.72. The van der Waals surface area contributed by atoms with Crippen molar-refractivity contribution in [1.82, 2.24) is 10.6 Å². The van der Waals surface area contributed by atoms with Gasteiger partial charge < -0.3 is 29.6 Å². The lowest BCUT2D eigenvalue weighted by Gasteiger charge is -2.20. The summed E-state index contributed by atoms with van der Waals surface area (Å²) in [5.41, 5.74) is 1.10. The molecule has 1 saturated heterocycles. The molecule has 2 heterocycles. The van der Waals surface area contributed by atoms with Crippen molar-refractivity contribution in [2.75, 3.05) is 59.8 Å². The highest BCUT2D eigenvalue weighted by molar-refractivity contribution is 14.0.